The summed E-state index contributed by atoms with van der Waals surface area (Å²) in [4.78, 5) is 0. The molecule has 0 spiro atoms. The summed E-state index contributed by atoms with van der Waals surface area (Å²) >= 11 is 0. The third-order valence-corrected chi connectivity index (χ3v) is 5.27. The summed E-state index contributed by atoms with van der Waals surface area (Å²) in [5, 5.41) is 21.3. The Morgan fingerprint density at radius 3 is 2.00 bits per heavy atom. The van der Waals surface area contributed by atoms with Crippen molar-refractivity contribution in [3.8, 4) is 0 Å². The second kappa shape index (κ2) is 4.97. The molecule has 0 aromatic rings. The van der Waals surface area contributed by atoms with Gasteiger partial charge in [0.1, 0.15) is 0 Å². The Balaban J connectivity index is 3.29. The predicted octanol–water partition coefficient (Wildman–Crippen LogP) is 3.53. The van der Waals surface area contributed by atoms with E-state index in [1.165, 1.54) is 5.57 Å². The number of hydrogen-bond donors (Lipinski definition) is 2. The lowest BCUT2D eigenvalue weighted by Crippen LogP contribution is -2.55. The van der Waals surface area contributed by atoms with E-state index < -0.39 is 11.7 Å². The lowest BCUT2D eigenvalue weighted by atomic mass is 9.56. The van der Waals surface area contributed by atoms with E-state index >= 15 is 0 Å². The standard InChI is InChI=1S/C16H30O2/c1-10(2)12(4)16(18)9-8-11(3)14(13(5)17)15(16,6)7/h10,12-13,17-18H,8-9H2,1-7H3/t12?,13?,16-/m1/s1. The number of aliphatic hydroxyl groups is 2. The SMILES string of the molecule is CC1=C(C(C)O)C(C)(C)[C@](O)(C(C)C(C)C)CC1. The van der Waals surface area contributed by atoms with Crippen molar-refractivity contribution in [3.63, 3.8) is 0 Å². The van der Waals surface area contributed by atoms with Crippen molar-refractivity contribution in [2.45, 2.75) is 73.0 Å². The van der Waals surface area contributed by atoms with E-state index in [2.05, 4.69) is 41.5 Å². The molecular weight excluding hydrogens is 224 g/mol. The monoisotopic (exact) mass is 254 g/mol. The Labute approximate surface area is 112 Å². The molecule has 0 saturated carbocycles. The van der Waals surface area contributed by atoms with Gasteiger partial charge in [-0.05, 0) is 44.1 Å². The number of rotatable bonds is 3. The third-order valence-electron chi connectivity index (χ3n) is 5.27. The maximum Gasteiger partial charge on any atom is 0.0767 e. The minimum Gasteiger partial charge on any atom is -0.389 e. The molecule has 2 nitrogen and oxygen atoms in total. The zero-order valence-corrected chi connectivity index (χ0v) is 13.0. The lowest BCUT2D eigenvalue weighted by molar-refractivity contribution is -0.121. The Morgan fingerprint density at radius 2 is 1.61 bits per heavy atom. The van der Waals surface area contributed by atoms with Crippen LogP contribution >= 0.6 is 0 Å². The van der Waals surface area contributed by atoms with Crippen molar-refractivity contribution in [3.05, 3.63) is 11.1 Å². The number of aliphatic hydroxyl groups excluding tert-OH is 1. The molecule has 0 aromatic heterocycles. The Morgan fingerprint density at radius 1 is 1.11 bits per heavy atom. The quantitative estimate of drug-likeness (QED) is 0.756. The molecule has 2 unspecified atom stereocenters. The molecule has 0 fully saturated rings. The van der Waals surface area contributed by atoms with E-state index in [0.29, 0.717) is 5.92 Å². The van der Waals surface area contributed by atoms with E-state index in [1.54, 1.807) is 0 Å². The fourth-order valence-electron chi connectivity index (χ4n) is 3.82. The second-order valence-corrected chi connectivity index (χ2v) is 6.95. The molecule has 0 heterocycles. The van der Waals surface area contributed by atoms with Gasteiger partial charge >= 0.3 is 0 Å². The van der Waals surface area contributed by atoms with Crippen molar-refractivity contribution < 1.29 is 10.2 Å². The van der Waals surface area contributed by atoms with Crippen LogP contribution in [0.25, 0.3) is 0 Å². The van der Waals surface area contributed by atoms with Crippen molar-refractivity contribution in [1.82, 2.24) is 0 Å². The van der Waals surface area contributed by atoms with Crippen LogP contribution in [0.1, 0.15) is 61.3 Å². The summed E-state index contributed by atoms with van der Waals surface area (Å²) in [6.45, 7) is 14.5. The minimum absolute atomic E-state index is 0.217. The molecule has 1 aliphatic rings. The van der Waals surface area contributed by atoms with Crippen molar-refractivity contribution in [2.24, 2.45) is 17.3 Å². The smallest absolute Gasteiger partial charge is 0.0767 e. The molecule has 0 bridgehead atoms. The van der Waals surface area contributed by atoms with Crippen LogP contribution in [0.5, 0.6) is 0 Å². The molecule has 0 aliphatic heterocycles. The van der Waals surface area contributed by atoms with Crippen LogP contribution in [0.15, 0.2) is 11.1 Å². The van der Waals surface area contributed by atoms with Gasteiger partial charge in [-0.2, -0.15) is 0 Å². The zero-order valence-electron chi connectivity index (χ0n) is 13.0. The molecule has 3 atom stereocenters. The van der Waals surface area contributed by atoms with Crippen LogP contribution in [0.3, 0.4) is 0 Å². The Kier molecular flexibility index (Phi) is 4.34. The van der Waals surface area contributed by atoms with Gasteiger partial charge in [0.05, 0.1) is 11.7 Å². The summed E-state index contributed by atoms with van der Waals surface area (Å²) in [6, 6.07) is 0. The molecule has 0 radical (unpaired) electrons. The molecular formula is C16H30O2. The van der Waals surface area contributed by atoms with Crippen molar-refractivity contribution in [1.29, 1.82) is 0 Å². The first-order valence-electron chi connectivity index (χ1n) is 7.16. The van der Waals surface area contributed by atoms with Crippen LogP contribution in [0, 0.1) is 17.3 Å². The molecule has 2 N–H and O–H groups in total. The first kappa shape index (κ1) is 15.7. The number of hydrogen-bond acceptors (Lipinski definition) is 2. The molecule has 18 heavy (non-hydrogen) atoms. The molecule has 1 aliphatic carbocycles. The summed E-state index contributed by atoms with van der Waals surface area (Å²) in [7, 11) is 0. The van der Waals surface area contributed by atoms with Crippen molar-refractivity contribution in [2.75, 3.05) is 0 Å². The van der Waals surface area contributed by atoms with Gasteiger partial charge in [-0.1, -0.05) is 40.2 Å². The molecule has 106 valence electrons. The topological polar surface area (TPSA) is 40.5 Å². The minimum atomic E-state index is -0.729. The van der Waals surface area contributed by atoms with E-state index in [9.17, 15) is 10.2 Å². The van der Waals surface area contributed by atoms with Gasteiger partial charge in [0, 0.05) is 5.41 Å². The maximum absolute atomic E-state index is 11.2. The lowest BCUT2D eigenvalue weighted by Gasteiger charge is -2.53. The van der Waals surface area contributed by atoms with E-state index in [1.807, 2.05) is 6.92 Å². The van der Waals surface area contributed by atoms with Gasteiger partial charge < -0.3 is 10.2 Å². The largest absolute Gasteiger partial charge is 0.389 e. The van der Waals surface area contributed by atoms with Crippen LogP contribution in [0.2, 0.25) is 0 Å². The van der Waals surface area contributed by atoms with Crippen LogP contribution in [-0.4, -0.2) is 21.9 Å². The summed E-state index contributed by atoms with van der Waals surface area (Å²) in [5.41, 5.74) is 1.18. The van der Waals surface area contributed by atoms with E-state index in [-0.39, 0.29) is 11.3 Å². The Bertz CT molecular complexity index is 339. The normalized spacial score (nSPS) is 31.7. The average Bonchev–Trinajstić information content (AvgIpc) is 2.21. The molecule has 2 heteroatoms. The van der Waals surface area contributed by atoms with Gasteiger partial charge in [-0.15, -0.1) is 0 Å². The second-order valence-electron chi connectivity index (χ2n) is 6.95. The zero-order chi connectivity index (χ0) is 14.3. The maximum atomic E-state index is 11.2. The van der Waals surface area contributed by atoms with Gasteiger partial charge in [0.15, 0.2) is 0 Å². The third kappa shape index (κ3) is 2.25. The first-order chi connectivity index (χ1) is 8.05. The van der Waals surface area contributed by atoms with Crippen LogP contribution < -0.4 is 0 Å². The highest BCUT2D eigenvalue weighted by Crippen LogP contribution is 2.53. The summed E-state index contributed by atoms with van der Waals surface area (Å²) in [6.07, 6.45) is 1.20. The van der Waals surface area contributed by atoms with Gasteiger partial charge in [0.25, 0.3) is 0 Å². The number of allylic oxidation sites excluding steroid dienone is 1. The predicted molar refractivity (Wildman–Crippen MR) is 76.3 cm³/mol. The van der Waals surface area contributed by atoms with Gasteiger partial charge in [-0.3, -0.25) is 0 Å². The van der Waals surface area contributed by atoms with E-state index in [0.717, 1.165) is 18.4 Å². The highest BCUT2D eigenvalue weighted by molar-refractivity contribution is 5.31. The summed E-state index contributed by atoms with van der Waals surface area (Å²) < 4.78 is 0. The van der Waals surface area contributed by atoms with Crippen LogP contribution in [-0.2, 0) is 0 Å². The van der Waals surface area contributed by atoms with Gasteiger partial charge in [-0.25, -0.2) is 0 Å². The fraction of sp³-hybridized carbons (Fsp3) is 0.875. The van der Waals surface area contributed by atoms with E-state index in [4.69, 9.17) is 0 Å². The molecule has 0 aromatic carbocycles. The molecule has 1 rings (SSSR count). The van der Waals surface area contributed by atoms with Crippen molar-refractivity contribution >= 4 is 0 Å². The molecule has 0 amide bonds. The summed E-state index contributed by atoms with van der Waals surface area (Å²) in [5.74, 6) is 0.650. The average molecular weight is 254 g/mol. The highest BCUT2D eigenvalue weighted by atomic mass is 16.3. The highest BCUT2D eigenvalue weighted by Gasteiger charge is 2.53. The van der Waals surface area contributed by atoms with Gasteiger partial charge in [0.2, 0.25) is 0 Å². The fourth-order valence-corrected chi connectivity index (χ4v) is 3.82. The van der Waals surface area contributed by atoms with Crippen LogP contribution in [0.4, 0.5) is 0 Å². The Hall–Kier alpha value is -0.340. The molecule has 0 saturated heterocycles. The first-order valence-corrected chi connectivity index (χ1v) is 7.16.